The van der Waals surface area contributed by atoms with E-state index in [4.69, 9.17) is 4.74 Å². The minimum Gasteiger partial charge on any atom is -0.487 e. The summed E-state index contributed by atoms with van der Waals surface area (Å²) in [4.78, 5) is 5.54. The molecule has 0 unspecified atom stereocenters. The first-order chi connectivity index (χ1) is 10.2. The molecule has 3 aromatic rings. The molecule has 0 fully saturated rings. The number of hydrogen-bond donors (Lipinski definition) is 1. The number of aromatic nitrogens is 2. The van der Waals surface area contributed by atoms with Crippen molar-refractivity contribution in [3.8, 4) is 5.75 Å². The molecule has 0 amide bonds. The Morgan fingerprint density at radius 2 is 2.19 bits per heavy atom. The van der Waals surface area contributed by atoms with Gasteiger partial charge in [-0.2, -0.15) is 0 Å². The van der Waals surface area contributed by atoms with Gasteiger partial charge in [-0.3, -0.25) is 4.40 Å². The van der Waals surface area contributed by atoms with Crippen LogP contribution in [0.2, 0.25) is 0 Å². The van der Waals surface area contributed by atoms with Gasteiger partial charge in [0.2, 0.25) is 0 Å². The highest BCUT2D eigenvalue weighted by molar-refractivity contribution is 7.15. The zero-order valence-corrected chi connectivity index (χ0v) is 13.1. The summed E-state index contributed by atoms with van der Waals surface area (Å²) < 4.78 is 7.97. The average Bonchev–Trinajstić information content (AvgIpc) is 3.04. The van der Waals surface area contributed by atoms with Crippen LogP contribution in [-0.4, -0.2) is 15.4 Å². The average molecular weight is 301 g/mol. The van der Waals surface area contributed by atoms with Crippen LogP contribution in [0.4, 0.5) is 0 Å². The summed E-state index contributed by atoms with van der Waals surface area (Å²) in [6.07, 6.45) is 4.03. The van der Waals surface area contributed by atoms with Crippen molar-refractivity contribution in [2.45, 2.75) is 33.0 Å². The van der Waals surface area contributed by atoms with Crippen molar-refractivity contribution in [2.24, 2.45) is 0 Å². The monoisotopic (exact) mass is 301 g/mol. The lowest BCUT2D eigenvalue weighted by atomic mass is 10.2. The van der Waals surface area contributed by atoms with E-state index in [1.165, 1.54) is 5.56 Å². The molecule has 0 aliphatic heterocycles. The number of fused-ring (bicyclic) bond motifs is 1. The van der Waals surface area contributed by atoms with Gasteiger partial charge in [0.1, 0.15) is 12.4 Å². The topological polar surface area (TPSA) is 38.6 Å². The molecule has 0 spiro atoms. The van der Waals surface area contributed by atoms with Crippen LogP contribution in [0.5, 0.6) is 5.75 Å². The van der Waals surface area contributed by atoms with Crippen LogP contribution in [0.1, 0.15) is 25.1 Å². The number of nitrogens with zero attached hydrogens (tertiary/aromatic N) is 2. The second-order valence-electron chi connectivity index (χ2n) is 5.26. The maximum atomic E-state index is 5.94. The largest absolute Gasteiger partial charge is 0.487 e. The van der Waals surface area contributed by atoms with Crippen LogP contribution in [0.15, 0.2) is 42.0 Å². The summed E-state index contributed by atoms with van der Waals surface area (Å²) in [6.45, 7) is 5.59. The van der Waals surface area contributed by atoms with Crippen molar-refractivity contribution in [1.82, 2.24) is 14.7 Å². The second kappa shape index (κ2) is 6.28. The maximum absolute atomic E-state index is 5.94. The van der Waals surface area contributed by atoms with Gasteiger partial charge in [-0.25, -0.2) is 4.98 Å². The third kappa shape index (κ3) is 3.43. The summed E-state index contributed by atoms with van der Waals surface area (Å²) in [5.41, 5.74) is 2.13. The first-order valence-electron chi connectivity index (χ1n) is 7.07. The summed E-state index contributed by atoms with van der Waals surface area (Å²) in [7, 11) is 0. The number of para-hydroxylation sites is 1. The molecule has 0 atom stereocenters. The number of thiazole rings is 1. The van der Waals surface area contributed by atoms with Crippen molar-refractivity contribution in [1.29, 1.82) is 0 Å². The molecule has 110 valence electrons. The quantitative estimate of drug-likeness (QED) is 0.757. The van der Waals surface area contributed by atoms with Gasteiger partial charge in [0.25, 0.3) is 0 Å². The summed E-state index contributed by atoms with van der Waals surface area (Å²) >= 11 is 1.63. The van der Waals surface area contributed by atoms with Crippen molar-refractivity contribution >= 4 is 16.3 Å². The van der Waals surface area contributed by atoms with Gasteiger partial charge in [0.05, 0.1) is 5.69 Å². The predicted octanol–water partition coefficient (Wildman–Crippen LogP) is 3.47. The standard InChI is InChI=1S/C16H19N3OS/c1-12(2)17-9-13-5-3-4-6-15(13)20-11-14-10-19-7-8-21-16(19)18-14/h3-8,10,12,17H,9,11H2,1-2H3. The second-order valence-corrected chi connectivity index (χ2v) is 6.13. The minimum absolute atomic E-state index is 0.456. The summed E-state index contributed by atoms with van der Waals surface area (Å²) in [5.74, 6) is 0.919. The van der Waals surface area contributed by atoms with E-state index in [2.05, 4.69) is 30.2 Å². The lowest BCUT2D eigenvalue weighted by Gasteiger charge is -2.13. The molecule has 5 heteroatoms. The van der Waals surface area contributed by atoms with E-state index >= 15 is 0 Å². The van der Waals surface area contributed by atoms with Gasteiger partial charge < -0.3 is 10.1 Å². The fourth-order valence-corrected chi connectivity index (χ4v) is 2.82. The molecular formula is C16H19N3OS. The van der Waals surface area contributed by atoms with Crippen molar-refractivity contribution in [3.05, 3.63) is 53.3 Å². The number of rotatable bonds is 6. The zero-order chi connectivity index (χ0) is 14.7. The highest BCUT2D eigenvalue weighted by Gasteiger charge is 2.06. The Kier molecular flexibility index (Phi) is 4.22. The molecule has 2 heterocycles. The fraction of sp³-hybridized carbons (Fsp3) is 0.312. The first-order valence-corrected chi connectivity index (χ1v) is 7.95. The normalized spacial score (nSPS) is 11.4. The highest BCUT2D eigenvalue weighted by atomic mass is 32.1. The van der Waals surface area contributed by atoms with Crippen LogP contribution in [-0.2, 0) is 13.2 Å². The number of imidazole rings is 1. The van der Waals surface area contributed by atoms with E-state index in [0.717, 1.165) is 22.9 Å². The van der Waals surface area contributed by atoms with Crippen LogP contribution in [0.25, 0.3) is 4.96 Å². The van der Waals surface area contributed by atoms with Gasteiger partial charge in [0.15, 0.2) is 4.96 Å². The lowest BCUT2D eigenvalue weighted by molar-refractivity contribution is 0.298. The van der Waals surface area contributed by atoms with E-state index in [-0.39, 0.29) is 0 Å². The lowest BCUT2D eigenvalue weighted by Crippen LogP contribution is -2.22. The fourth-order valence-electron chi connectivity index (χ4n) is 2.10. The molecule has 0 radical (unpaired) electrons. The van der Waals surface area contributed by atoms with Gasteiger partial charge >= 0.3 is 0 Å². The number of nitrogens with one attached hydrogen (secondary N) is 1. The summed E-state index contributed by atoms with van der Waals surface area (Å²) in [6, 6.07) is 8.60. The Bertz CT molecular complexity index is 688. The molecule has 21 heavy (non-hydrogen) atoms. The molecule has 0 saturated carbocycles. The first kappa shape index (κ1) is 14.1. The molecule has 0 aliphatic carbocycles. The molecule has 1 N–H and O–H groups in total. The molecule has 0 saturated heterocycles. The molecule has 0 bridgehead atoms. The van der Waals surface area contributed by atoms with Crippen LogP contribution >= 0.6 is 11.3 Å². The Morgan fingerprint density at radius 1 is 1.33 bits per heavy atom. The molecule has 1 aromatic carbocycles. The minimum atomic E-state index is 0.456. The van der Waals surface area contributed by atoms with E-state index < -0.39 is 0 Å². The van der Waals surface area contributed by atoms with E-state index in [1.807, 2.05) is 40.4 Å². The molecule has 4 nitrogen and oxygen atoms in total. The van der Waals surface area contributed by atoms with E-state index in [9.17, 15) is 0 Å². The Labute approximate surface area is 128 Å². The Hall–Kier alpha value is -1.85. The zero-order valence-electron chi connectivity index (χ0n) is 12.2. The van der Waals surface area contributed by atoms with Crippen molar-refractivity contribution in [3.63, 3.8) is 0 Å². The SMILES string of the molecule is CC(C)NCc1ccccc1OCc1cn2ccsc2n1. The predicted molar refractivity (Wildman–Crippen MR) is 85.8 cm³/mol. The Morgan fingerprint density at radius 3 is 3.00 bits per heavy atom. The van der Waals surface area contributed by atoms with Crippen molar-refractivity contribution < 1.29 is 4.74 Å². The third-order valence-corrected chi connectivity index (χ3v) is 3.96. The van der Waals surface area contributed by atoms with Gasteiger partial charge in [-0.05, 0) is 6.07 Å². The van der Waals surface area contributed by atoms with Crippen molar-refractivity contribution in [2.75, 3.05) is 0 Å². The van der Waals surface area contributed by atoms with Crippen LogP contribution in [0, 0.1) is 0 Å². The van der Waals surface area contributed by atoms with E-state index in [1.54, 1.807) is 11.3 Å². The molecule has 2 aromatic heterocycles. The molecule has 3 rings (SSSR count). The van der Waals surface area contributed by atoms with Gasteiger partial charge in [-0.15, -0.1) is 11.3 Å². The van der Waals surface area contributed by atoms with Crippen LogP contribution < -0.4 is 10.1 Å². The van der Waals surface area contributed by atoms with Gasteiger partial charge in [-0.1, -0.05) is 32.0 Å². The number of benzene rings is 1. The highest BCUT2D eigenvalue weighted by Crippen LogP contribution is 2.20. The van der Waals surface area contributed by atoms with Crippen LogP contribution in [0.3, 0.4) is 0 Å². The maximum Gasteiger partial charge on any atom is 0.193 e. The van der Waals surface area contributed by atoms with Gasteiger partial charge in [0, 0.05) is 35.9 Å². The van der Waals surface area contributed by atoms with E-state index in [0.29, 0.717) is 12.6 Å². The smallest absolute Gasteiger partial charge is 0.193 e. The molecule has 0 aliphatic rings. The Balaban J connectivity index is 1.68. The number of ether oxygens (including phenoxy) is 1. The number of hydrogen-bond acceptors (Lipinski definition) is 4. The third-order valence-electron chi connectivity index (χ3n) is 3.19. The summed E-state index contributed by atoms with van der Waals surface area (Å²) in [5, 5.41) is 5.45. The molecular weight excluding hydrogens is 282 g/mol.